The van der Waals surface area contributed by atoms with Crippen LogP contribution in [0.5, 0.6) is 0 Å². The predicted octanol–water partition coefficient (Wildman–Crippen LogP) is 1.84. The first-order chi connectivity index (χ1) is 8.93. The van der Waals surface area contributed by atoms with Crippen molar-refractivity contribution in [1.29, 1.82) is 0 Å². The number of hydrogen-bond donors (Lipinski definition) is 2. The molecule has 1 aromatic rings. The van der Waals surface area contributed by atoms with Crippen molar-refractivity contribution in [3.05, 3.63) is 35.6 Å². The largest absolute Gasteiger partial charge is 0.481 e. The van der Waals surface area contributed by atoms with E-state index in [4.69, 9.17) is 5.11 Å². The van der Waals surface area contributed by atoms with E-state index in [-0.39, 0.29) is 18.3 Å². The van der Waals surface area contributed by atoms with Gasteiger partial charge in [-0.25, -0.2) is 4.39 Å². The molecule has 1 unspecified atom stereocenters. The van der Waals surface area contributed by atoms with Gasteiger partial charge in [-0.1, -0.05) is 32.0 Å². The van der Waals surface area contributed by atoms with Gasteiger partial charge in [0.15, 0.2) is 0 Å². The van der Waals surface area contributed by atoms with E-state index >= 15 is 0 Å². The minimum Gasteiger partial charge on any atom is -0.481 e. The summed E-state index contributed by atoms with van der Waals surface area (Å²) in [5.41, 5.74) is 0.499. The Kier molecular flexibility index (Phi) is 5.48. The van der Waals surface area contributed by atoms with E-state index in [1.54, 1.807) is 32.0 Å². The molecule has 0 spiro atoms. The lowest BCUT2D eigenvalue weighted by molar-refractivity contribution is -0.148. The van der Waals surface area contributed by atoms with Crippen molar-refractivity contribution < 1.29 is 19.1 Å². The van der Waals surface area contributed by atoms with Gasteiger partial charge in [-0.15, -0.1) is 0 Å². The summed E-state index contributed by atoms with van der Waals surface area (Å²) in [6.45, 7) is 3.57. The molecule has 104 valence electrons. The highest BCUT2D eigenvalue weighted by Crippen LogP contribution is 2.11. The van der Waals surface area contributed by atoms with E-state index in [2.05, 4.69) is 5.32 Å². The van der Waals surface area contributed by atoms with Gasteiger partial charge in [-0.2, -0.15) is 0 Å². The van der Waals surface area contributed by atoms with Crippen molar-refractivity contribution in [1.82, 2.24) is 5.32 Å². The molecule has 0 bridgehead atoms. The molecule has 1 amide bonds. The second kappa shape index (κ2) is 6.87. The van der Waals surface area contributed by atoms with Crippen molar-refractivity contribution >= 4 is 11.9 Å². The zero-order chi connectivity index (χ0) is 14.4. The summed E-state index contributed by atoms with van der Waals surface area (Å²) in [6.07, 6.45) is 0.336. The number of aliphatic carboxylic acids is 1. The highest BCUT2D eigenvalue weighted by molar-refractivity contribution is 5.97. The standard InChI is InChI=1S/C14H18FNO3/c1-9(2)12(14(18)19)13(17)16-8-7-10-5-3-4-6-11(10)15/h3-6,9,12H,7-8H2,1-2H3,(H,16,17)(H,18,19). The van der Waals surface area contributed by atoms with Gasteiger partial charge < -0.3 is 10.4 Å². The Bertz CT molecular complexity index is 460. The van der Waals surface area contributed by atoms with Crippen LogP contribution in [0.15, 0.2) is 24.3 Å². The van der Waals surface area contributed by atoms with Gasteiger partial charge in [-0.3, -0.25) is 9.59 Å². The van der Waals surface area contributed by atoms with Crippen molar-refractivity contribution in [3.63, 3.8) is 0 Å². The topological polar surface area (TPSA) is 66.4 Å². The molecule has 0 fully saturated rings. The maximum absolute atomic E-state index is 13.3. The number of hydrogen-bond acceptors (Lipinski definition) is 2. The van der Waals surface area contributed by atoms with E-state index in [1.807, 2.05) is 0 Å². The number of nitrogens with one attached hydrogen (secondary N) is 1. The molecule has 0 aliphatic carbocycles. The fourth-order valence-corrected chi connectivity index (χ4v) is 1.83. The Balaban J connectivity index is 2.51. The van der Waals surface area contributed by atoms with Crippen LogP contribution in [0.2, 0.25) is 0 Å². The third kappa shape index (κ3) is 4.35. The monoisotopic (exact) mass is 267 g/mol. The van der Waals surface area contributed by atoms with E-state index < -0.39 is 17.8 Å². The van der Waals surface area contributed by atoms with Crippen LogP contribution in [0, 0.1) is 17.7 Å². The first kappa shape index (κ1) is 15.1. The zero-order valence-corrected chi connectivity index (χ0v) is 11.0. The molecule has 0 aliphatic heterocycles. The summed E-state index contributed by atoms with van der Waals surface area (Å²) in [4.78, 5) is 22.7. The van der Waals surface area contributed by atoms with Gasteiger partial charge in [0.05, 0.1) is 0 Å². The Hall–Kier alpha value is -1.91. The zero-order valence-electron chi connectivity index (χ0n) is 11.0. The second-order valence-electron chi connectivity index (χ2n) is 4.69. The van der Waals surface area contributed by atoms with Gasteiger partial charge in [0.1, 0.15) is 11.7 Å². The van der Waals surface area contributed by atoms with E-state index in [0.717, 1.165) is 0 Å². The fraction of sp³-hybridized carbons (Fsp3) is 0.429. The van der Waals surface area contributed by atoms with Crippen LogP contribution in [0.3, 0.4) is 0 Å². The second-order valence-corrected chi connectivity index (χ2v) is 4.69. The van der Waals surface area contributed by atoms with Gasteiger partial charge >= 0.3 is 5.97 Å². The SMILES string of the molecule is CC(C)C(C(=O)O)C(=O)NCCc1ccccc1F. The predicted molar refractivity (Wildman–Crippen MR) is 69.1 cm³/mol. The van der Waals surface area contributed by atoms with E-state index in [1.165, 1.54) is 6.07 Å². The summed E-state index contributed by atoms with van der Waals surface area (Å²) < 4.78 is 13.3. The minimum absolute atomic E-state index is 0.219. The van der Waals surface area contributed by atoms with Crippen LogP contribution in [-0.2, 0) is 16.0 Å². The maximum atomic E-state index is 13.3. The van der Waals surface area contributed by atoms with Crippen molar-refractivity contribution in [3.8, 4) is 0 Å². The van der Waals surface area contributed by atoms with E-state index in [0.29, 0.717) is 12.0 Å². The summed E-state index contributed by atoms with van der Waals surface area (Å²) in [6, 6.07) is 6.30. The van der Waals surface area contributed by atoms with Gasteiger partial charge in [0.25, 0.3) is 0 Å². The van der Waals surface area contributed by atoms with Crippen molar-refractivity contribution in [2.24, 2.45) is 11.8 Å². The molecule has 0 aliphatic rings. The minimum atomic E-state index is -1.14. The molecule has 1 atom stereocenters. The molecule has 1 aromatic carbocycles. The van der Waals surface area contributed by atoms with Crippen LogP contribution in [-0.4, -0.2) is 23.5 Å². The maximum Gasteiger partial charge on any atom is 0.316 e. The smallest absolute Gasteiger partial charge is 0.316 e. The molecule has 2 N–H and O–H groups in total. The number of carboxylic acids is 1. The number of halogens is 1. The normalized spacial score (nSPS) is 12.2. The number of rotatable bonds is 6. The number of carbonyl (C=O) groups is 2. The van der Waals surface area contributed by atoms with Crippen LogP contribution in [0.1, 0.15) is 19.4 Å². The lowest BCUT2D eigenvalue weighted by Crippen LogP contribution is -2.39. The van der Waals surface area contributed by atoms with Crippen molar-refractivity contribution in [2.75, 3.05) is 6.54 Å². The summed E-state index contributed by atoms with van der Waals surface area (Å²) >= 11 is 0. The highest BCUT2D eigenvalue weighted by atomic mass is 19.1. The molecule has 0 heterocycles. The number of amides is 1. The fourth-order valence-electron chi connectivity index (χ4n) is 1.83. The molecular weight excluding hydrogens is 249 g/mol. The Labute approximate surface area is 111 Å². The quantitative estimate of drug-likeness (QED) is 0.773. The lowest BCUT2D eigenvalue weighted by atomic mass is 9.95. The van der Waals surface area contributed by atoms with Gasteiger partial charge in [0.2, 0.25) is 5.91 Å². The van der Waals surface area contributed by atoms with Crippen LogP contribution < -0.4 is 5.32 Å². The Morgan fingerprint density at radius 2 is 1.95 bits per heavy atom. The average Bonchev–Trinajstić information content (AvgIpc) is 2.30. The van der Waals surface area contributed by atoms with Crippen LogP contribution >= 0.6 is 0 Å². The van der Waals surface area contributed by atoms with Crippen LogP contribution in [0.4, 0.5) is 4.39 Å². The molecular formula is C14H18FNO3. The van der Waals surface area contributed by atoms with E-state index in [9.17, 15) is 14.0 Å². The molecule has 19 heavy (non-hydrogen) atoms. The Morgan fingerprint density at radius 3 is 2.47 bits per heavy atom. The lowest BCUT2D eigenvalue weighted by Gasteiger charge is -2.15. The van der Waals surface area contributed by atoms with Crippen LogP contribution in [0.25, 0.3) is 0 Å². The molecule has 1 rings (SSSR count). The number of carbonyl (C=O) groups excluding carboxylic acids is 1. The highest BCUT2D eigenvalue weighted by Gasteiger charge is 2.29. The molecule has 0 radical (unpaired) electrons. The summed E-state index contributed by atoms with van der Waals surface area (Å²) in [5.74, 6) is -3.35. The summed E-state index contributed by atoms with van der Waals surface area (Å²) in [5, 5.41) is 11.5. The molecule has 5 heteroatoms. The summed E-state index contributed by atoms with van der Waals surface area (Å²) in [7, 11) is 0. The molecule has 0 saturated carbocycles. The average molecular weight is 267 g/mol. The van der Waals surface area contributed by atoms with Gasteiger partial charge in [0, 0.05) is 6.54 Å². The number of carboxylic acid groups (broad SMARTS) is 1. The van der Waals surface area contributed by atoms with Gasteiger partial charge in [-0.05, 0) is 24.0 Å². The Morgan fingerprint density at radius 1 is 1.32 bits per heavy atom. The molecule has 0 aromatic heterocycles. The first-order valence-corrected chi connectivity index (χ1v) is 6.17. The third-order valence-corrected chi connectivity index (χ3v) is 2.87. The first-order valence-electron chi connectivity index (χ1n) is 6.17. The van der Waals surface area contributed by atoms with Crippen molar-refractivity contribution in [2.45, 2.75) is 20.3 Å². The molecule has 4 nitrogen and oxygen atoms in total. The third-order valence-electron chi connectivity index (χ3n) is 2.87. The molecule has 0 saturated heterocycles. The number of benzene rings is 1.